The van der Waals surface area contributed by atoms with Gasteiger partial charge in [-0.25, -0.2) is 14.6 Å². The number of carbonyl (C=O) groups is 1. The van der Waals surface area contributed by atoms with Gasteiger partial charge < -0.3 is 9.26 Å². The molecule has 0 aromatic carbocycles. The van der Waals surface area contributed by atoms with Crippen LogP contribution in [-0.2, 0) is 31.2 Å². The number of ether oxygens (including phenoxy) is 1. The van der Waals surface area contributed by atoms with Crippen LogP contribution in [0.5, 0.6) is 0 Å². The van der Waals surface area contributed by atoms with Crippen molar-refractivity contribution in [1.29, 1.82) is 0 Å². The normalized spacial score (nSPS) is 10.8. The molecule has 0 amide bonds. The van der Waals surface area contributed by atoms with E-state index in [0.29, 0.717) is 27.8 Å². The van der Waals surface area contributed by atoms with Crippen molar-refractivity contribution in [3.8, 4) is 0 Å². The Kier molecular flexibility index (Phi) is 5.78. The van der Waals surface area contributed by atoms with Crippen molar-refractivity contribution < 1.29 is 14.1 Å². The predicted molar refractivity (Wildman–Crippen MR) is 101 cm³/mol. The fraction of sp³-hybridized carbons (Fsp3) is 0.278. The van der Waals surface area contributed by atoms with Crippen LogP contribution in [0.2, 0.25) is 0 Å². The molecule has 0 saturated carbocycles. The maximum atomic E-state index is 12.5. The summed E-state index contributed by atoms with van der Waals surface area (Å²) in [5, 5.41) is 4.40. The molecule has 0 unspecified atom stereocenters. The third-order valence-corrected chi connectivity index (χ3v) is 5.04. The van der Waals surface area contributed by atoms with E-state index in [4.69, 9.17) is 9.26 Å². The van der Waals surface area contributed by atoms with Crippen molar-refractivity contribution >= 4 is 17.7 Å². The van der Waals surface area contributed by atoms with Crippen LogP contribution < -0.4 is 11.2 Å². The van der Waals surface area contributed by atoms with Gasteiger partial charge in [0.2, 0.25) is 0 Å². The molecule has 0 aliphatic carbocycles. The van der Waals surface area contributed by atoms with Crippen molar-refractivity contribution in [1.82, 2.24) is 19.3 Å². The smallest absolute Gasteiger partial charge is 0.341 e. The van der Waals surface area contributed by atoms with Crippen LogP contribution in [0.25, 0.3) is 0 Å². The van der Waals surface area contributed by atoms with Gasteiger partial charge in [0.25, 0.3) is 5.56 Å². The van der Waals surface area contributed by atoms with Gasteiger partial charge >= 0.3 is 11.7 Å². The van der Waals surface area contributed by atoms with Gasteiger partial charge in [-0.15, -0.1) is 0 Å². The lowest BCUT2D eigenvalue weighted by Gasteiger charge is -2.11. The van der Waals surface area contributed by atoms with Gasteiger partial charge in [0.15, 0.2) is 0 Å². The molecule has 10 heteroatoms. The molecule has 0 aliphatic rings. The summed E-state index contributed by atoms with van der Waals surface area (Å²) in [6, 6.07) is 6.31. The lowest BCUT2D eigenvalue weighted by Crippen LogP contribution is -2.38. The first-order valence-corrected chi connectivity index (χ1v) is 9.28. The molecule has 3 aromatic rings. The standard InChI is InChI=1S/C18H18N4O5S/c1-11-7-12(20-27-11)10-28-16-14(5-4-6-19-16)17(24)26-9-13-8-15(23)22(3)18(25)21(13)2/h4-8H,9-10H2,1-3H3. The zero-order valence-corrected chi connectivity index (χ0v) is 16.4. The SMILES string of the molecule is Cc1cc(CSc2ncccc2C(=O)OCc2cc(=O)n(C)c(=O)n2C)no1. The molecule has 146 valence electrons. The Labute approximate surface area is 164 Å². The molecule has 0 N–H and O–H groups in total. The average Bonchev–Trinajstić information content (AvgIpc) is 3.11. The molecular weight excluding hydrogens is 384 g/mol. The molecule has 0 atom stereocenters. The molecule has 0 radical (unpaired) electrons. The van der Waals surface area contributed by atoms with Gasteiger partial charge in [-0.3, -0.25) is 13.9 Å². The van der Waals surface area contributed by atoms with Gasteiger partial charge in [-0.05, 0) is 19.1 Å². The van der Waals surface area contributed by atoms with Crippen LogP contribution in [0, 0.1) is 6.92 Å². The minimum absolute atomic E-state index is 0.206. The summed E-state index contributed by atoms with van der Waals surface area (Å²) in [5.41, 5.74) is 0.385. The van der Waals surface area contributed by atoms with E-state index in [0.717, 1.165) is 10.3 Å². The minimum Gasteiger partial charge on any atom is -0.456 e. The molecular formula is C18H18N4O5S. The number of thioether (sulfide) groups is 1. The first kappa shape index (κ1) is 19.6. The van der Waals surface area contributed by atoms with E-state index >= 15 is 0 Å². The average molecular weight is 402 g/mol. The summed E-state index contributed by atoms with van der Waals surface area (Å²) in [6.45, 7) is 1.59. The quantitative estimate of drug-likeness (QED) is 0.450. The van der Waals surface area contributed by atoms with E-state index in [2.05, 4.69) is 10.1 Å². The highest BCUT2D eigenvalue weighted by Crippen LogP contribution is 2.24. The summed E-state index contributed by atoms with van der Waals surface area (Å²) in [6.07, 6.45) is 1.58. The van der Waals surface area contributed by atoms with E-state index in [1.54, 1.807) is 25.3 Å². The summed E-state index contributed by atoms with van der Waals surface area (Å²) >= 11 is 1.33. The van der Waals surface area contributed by atoms with Crippen LogP contribution in [-0.4, -0.2) is 25.2 Å². The van der Waals surface area contributed by atoms with Crippen molar-refractivity contribution in [2.45, 2.75) is 24.3 Å². The highest BCUT2D eigenvalue weighted by Gasteiger charge is 2.16. The maximum Gasteiger partial charge on any atom is 0.341 e. The van der Waals surface area contributed by atoms with Gasteiger partial charge in [-0.1, -0.05) is 16.9 Å². The Morgan fingerprint density at radius 1 is 1.25 bits per heavy atom. The second-order valence-corrected chi connectivity index (χ2v) is 6.99. The molecule has 0 spiro atoms. The molecule has 3 rings (SSSR count). The molecule has 28 heavy (non-hydrogen) atoms. The lowest BCUT2D eigenvalue weighted by molar-refractivity contribution is 0.0457. The molecule has 3 heterocycles. The second kappa shape index (κ2) is 8.26. The molecule has 0 saturated heterocycles. The Morgan fingerprint density at radius 3 is 2.75 bits per heavy atom. The topological polar surface area (TPSA) is 109 Å². The van der Waals surface area contributed by atoms with E-state index in [1.165, 1.54) is 36.5 Å². The lowest BCUT2D eigenvalue weighted by atomic mass is 10.3. The summed E-state index contributed by atoms with van der Waals surface area (Å²) in [7, 11) is 2.89. The molecule has 0 bridgehead atoms. The number of hydrogen-bond donors (Lipinski definition) is 0. The van der Waals surface area contributed by atoms with E-state index in [9.17, 15) is 14.4 Å². The number of pyridine rings is 1. The van der Waals surface area contributed by atoms with Crippen LogP contribution >= 0.6 is 11.8 Å². The summed E-state index contributed by atoms with van der Waals surface area (Å²) < 4.78 is 12.6. The Bertz CT molecular complexity index is 1130. The first-order valence-electron chi connectivity index (χ1n) is 8.30. The monoisotopic (exact) mass is 402 g/mol. The minimum atomic E-state index is -0.597. The van der Waals surface area contributed by atoms with Gasteiger partial charge in [0.1, 0.15) is 17.4 Å². The number of rotatable bonds is 6. The van der Waals surface area contributed by atoms with E-state index in [1.807, 2.05) is 6.07 Å². The number of aryl methyl sites for hydroxylation is 1. The fourth-order valence-corrected chi connectivity index (χ4v) is 3.29. The summed E-state index contributed by atoms with van der Waals surface area (Å²) in [5.74, 6) is 0.591. The Hall–Kier alpha value is -3.14. The van der Waals surface area contributed by atoms with Crippen molar-refractivity contribution in [3.63, 3.8) is 0 Å². The van der Waals surface area contributed by atoms with E-state index < -0.39 is 17.2 Å². The Morgan fingerprint density at radius 2 is 2.04 bits per heavy atom. The number of aromatic nitrogens is 4. The highest BCUT2D eigenvalue weighted by atomic mass is 32.2. The van der Waals surface area contributed by atoms with Crippen LogP contribution in [0.3, 0.4) is 0 Å². The van der Waals surface area contributed by atoms with Gasteiger partial charge in [0, 0.05) is 38.2 Å². The number of nitrogens with zero attached hydrogens (tertiary/aromatic N) is 4. The second-order valence-electron chi connectivity index (χ2n) is 6.02. The number of esters is 1. The van der Waals surface area contributed by atoms with Crippen LogP contribution in [0.15, 0.2) is 49.6 Å². The largest absolute Gasteiger partial charge is 0.456 e. The maximum absolute atomic E-state index is 12.5. The molecule has 0 fully saturated rings. The third-order valence-electron chi connectivity index (χ3n) is 4.00. The third kappa shape index (κ3) is 4.22. The van der Waals surface area contributed by atoms with Crippen molar-refractivity contribution in [2.24, 2.45) is 14.1 Å². The molecule has 0 aliphatic heterocycles. The number of carbonyl (C=O) groups excluding carboxylic acids is 1. The molecule has 9 nitrogen and oxygen atoms in total. The first-order chi connectivity index (χ1) is 13.4. The van der Waals surface area contributed by atoms with Crippen LogP contribution in [0.4, 0.5) is 0 Å². The van der Waals surface area contributed by atoms with Crippen molar-refractivity contribution in [3.05, 3.63) is 74.0 Å². The highest BCUT2D eigenvalue weighted by molar-refractivity contribution is 7.98. The predicted octanol–water partition coefficient (Wildman–Crippen LogP) is 1.42. The zero-order valence-electron chi connectivity index (χ0n) is 15.5. The van der Waals surface area contributed by atoms with Gasteiger partial charge in [0.05, 0.1) is 17.0 Å². The fourth-order valence-electron chi connectivity index (χ4n) is 2.42. The Balaban J connectivity index is 1.73. The van der Waals surface area contributed by atoms with Gasteiger partial charge in [-0.2, -0.15) is 0 Å². The van der Waals surface area contributed by atoms with Crippen molar-refractivity contribution in [2.75, 3.05) is 0 Å². The number of hydrogen-bond acceptors (Lipinski definition) is 8. The van der Waals surface area contributed by atoms with Crippen LogP contribution in [0.1, 0.15) is 27.5 Å². The zero-order chi connectivity index (χ0) is 20.3. The summed E-state index contributed by atoms with van der Waals surface area (Å²) in [4.78, 5) is 40.5. The van der Waals surface area contributed by atoms with E-state index in [-0.39, 0.29) is 6.61 Å². The molecule has 3 aromatic heterocycles.